The van der Waals surface area contributed by atoms with E-state index in [4.69, 9.17) is 4.98 Å². The van der Waals surface area contributed by atoms with E-state index in [9.17, 15) is 9.18 Å². The van der Waals surface area contributed by atoms with E-state index in [2.05, 4.69) is 5.10 Å². The van der Waals surface area contributed by atoms with Crippen LogP contribution in [0.5, 0.6) is 0 Å². The number of fused-ring (bicyclic) bond motifs is 1. The van der Waals surface area contributed by atoms with Crippen molar-refractivity contribution in [2.75, 3.05) is 0 Å². The van der Waals surface area contributed by atoms with Crippen molar-refractivity contribution in [1.82, 2.24) is 19.3 Å². The number of para-hydroxylation sites is 1. The van der Waals surface area contributed by atoms with Gasteiger partial charge >= 0.3 is 0 Å². The fourth-order valence-corrected chi connectivity index (χ4v) is 3.56. The Kier molecular flexibility index (Phi) is 4.25. The summed E-state index contributed by atoms with van der Waals surface area (Å²) in [5, 5.41) is 4.74. The van der Waals surface area contributed by atoms with Crippen LogP contribution in [0.1, 0.15) is 5.56 Å². The molecule has 5 rings (SSSR count). The normalized spacial score (nSPS) is 11.1. The van der Waals surface area contributed by atoms with Gasteiger partial charge in [-0.15, -0.1) is 0 Å². The van der Waals surface area contributed by atoms with Gasteiger partial charge in [-0.3, -0.25) is 9.36 Å². The summed E-state index contributed by atoms with van der Waals surface area (Å²) in [5.74, 6) is -0.218. The summed E-state index contributed by atoms with van der Waals surface area (Å²) in [5.41, 5.74) is 2.71. The molecule has 30 heavy (non-hydrogen) atoms. The van der Waals surface area contributed by atoms with Crippen molar-refractivity contribution in [2.45, 2.75) is 6.92 Å². The quantitative estimate of drug-likeness (QED) is 0.445. The number of aromatic nitrogens is 4. The number of nitrogens with zero attached hydrogens (tertiary/aromatic N) is 4. The average molecular weight is 396 g/mol. The monoisotopic (exact) mass is 396 g/mol. The molecule has 5 aromatic rings. The maximum Gasteiger partial charge on any atom is 0.269 e. The Bertz CT molecular complexity index is 1440. The lowest BCUT2D eigenvalue weighted by atomic mass is 10.1. The fourth-order valence-electron chi connectivity index (χ4n) is 3.56. The second-order valence-electron chi connectivity index (χ2n) is 7.02. The van der Waals surface area contributed by atoms with Crippen molar-refractivity contribution in [2.24, 2.45) is 0 Å². The summed E-state index contributed by atoms with van der Waals surface area (Å²) in [6, 6.07) is 23.2. The minimum atomic E-state index is -0.448. The topological polar surface area (TPSA) is 52.7 Å². The van der Waals surface area contributed by atoms with Gasteiger partial charge < -0.3 is 0 Å². The molecule has 2 heterocycles. The van der Waals surface area contributed by atoms with Crippen molar-refractivity contribution in [1.29, 1.82) is 0 Å². The Labute approximate surface area is 171 Å². The van der Waals surface area contributed by atoms with Gasteiger partial charge in [0.2, 0.25) is 0 Å². The zero-order valence-electron chi connectivity index (χ0n) is 16.2. The lowest BCUT2D eigenvalue weighted by molar-refractivity contribution is 0.629. The van der Waals surface area contributed by atoms with Crippen molar-refractivity contribution < 1.29 is 4.39 Å². The molecule has 0 spiro atoms. The molecule has 0 aliphatic heterocycles. The predicted molar refractivity (Wildman–Crippen MR) is 115 cm³/mol. The summed E-state index contributed by atoms with van der Waals surface area (Å²) in [6.07, 6.45) is 1.51. The average Bonchev–Trinajstić information content (AvgIpc) is 3.19. The first-order chi connectivity index (χ1) is 14.6. The van der Waals surface area contributed by atoms with E-state index in [1.165, 1.54) is 16.8 Å². The van der Waals surface area contributed by atoms with Crippen molar-refractivity contribution in [3.8, 4) is 22.8 Å². The van der Waals surface area contributed by atoms with Crippen molar-refractivity contribution in [3.63, 3.8) is 0 Å². The van der Waals surface area contributed by atoms with Crippen LogP contribution in [-0.2, 0) is 0 Å². The standard InChI is InChI=1S/C24H17FN4O/c1-16-8-7-11-18(14-16)28-22(19-12-5-6-13-21(19)25)27-23-20(24(28)30)15-26-29(23)17-9-3-2-4-10-17/h2-15H,1H3. The lowest BCUT2D eigenvalue weighted by Crippen LogP contribution is -2.22. The number of benzene rings is 3. The first kappa shape index (κ1) is 18.0. The molecule has 0 fully saturated rings. The molecule has 0 amide bonds. The smallest absolute Gasteiger partial charge is 0.268 e. The Hall–Kier alpha value is -4.06. The van der Waals surface area contributed by atoms with Crippen LogP contribution in [-0.4, -0.2) is 19.3 Å². The minimum absolute atomic E-state index is 0.230. The highest BCUT2D eigenvalue weighted by Crippen LogP contribution is 2.25. The van der Waals surface area contributed by atoms with Crippen LogP contribution >= 0.6 is 0 Å². The molecule has 146 valence electrons. The largest absolute Gasteiger partial charge is 0.269 e. The molecule has 0 unspecified atom stereocenters. The van der Waals surface area contributed by atoms with Crippen LogP contribution in [0.2, 0.25) is 0 Å². The molecule has 6 heteroatoms. The Balaban J connectivity index is 1.89. The maximum absolute atomic E-state index is 14.8. The fraction of sp³-hybridized carbons (Fsp3) is 0.0417. The molecular weight excluding hydrogens is 379 g/mol. The van der Waals surface area contributed by atoms with E-state index < -0.39 is 5.82 Å². The molecule has 0 N–H and O–H groups in total. The van der Waals surface area contributed by atoms with Crippen molar-refractivity contribution >= 4 is 11.0 Å². The third-order valence-corrected chi connectivity index (χ3v) is 4.98. The van der Waals surface area contributed by atoms with Gasteiger partial charge in [0.15, 0.2) is 11.5 Å². The second-order valence-corrected chi connectivity index (χ2v) is 7.02. The highest BCUT2D eigenvalue weighted by molar-refractivity contribution is 5.79. The van der Waals surface area contributed by atoms with Gasteiger partial charge in [0.25, 0.3) is 5.56 Å². The van der Waals surface area contributed by atoms with Crippen LogP contribution in [0.4, 0.5) is 4.39 Å². The summed E-state index contributed by atoms with van der Waals surface area (Å²) in [6.45, 7) is 1.94. The van der Waals surface area contributed by atoms with Gasteiger partial charge in [-0.25, -0.2) is 14.1 Å². The predicted octanol–water partition coefficient (Wildman–Crippen LogP) is 4.69. The third-order valence-electron chi connectivity index (χ3n) is 4.98. The van der Waals surface area contributed by atoms with Gasteiger partial charge in [0, 0.05) is 0 Å². The van der Waals surface area contributed by atoms with E-state index in [1.807, 2.05) is 61.5 Å². The SMILES string of the molecule is Cc1cccc(-n2c(-c3ccccc3F)nc3c(cnn3-c3ccccc3)c2=O)c1. The number of hydrogen-bond donors (Lipinski definition) is 0. The summed E-state index contributed by atoms with van der Waals surface area (Å²) < 4.78 is 17.8. The highest BCUT2D eigenvalue weighted by Gasteiger charge is 2.20. The van der Waals surface area contributed by atoms with Crippen molar-refractivity contribution in [3.05, 3.63) is 107 Å². The van der Waals surface area contributed by atoms with Crippen LogP contribution in [0.15, 0.2) is 89.9 Å². The number of aryl methyl sites for hydroxylation is 1. The summed E-state index contributed by atoms with van der Waals surface area (Å²) in [7, 11) is 0. The van der Waals surface area contributed by atoms with Crippen LogP contribution in [0, 0.1) is 12.7 Å². The van der Waals surface area contributed by atoms with Gasteiger partial charge in [0.1, 0.15) is 11.2 Å². The molecule has 0 saturated carbocycles. The molecule has 0 bridgehead atoms. The molecule has 0 aliphatic carbocycles. The van der Waals surface area contributed by atoms with Crippen LogP contribution in [0.3, 0.4) is 0 Å². The molecule has 0 atom stereocenters. The number of hydrogen-bond acceptors (Lipinski definition) is 3. The van der Waals surface area contributed by atoms with Gasteiger partial charge in [-0.1, -0.05) is 42.5 Å². The Morgan fingerprint density at radius 2 is 1.60 bits per heavy atom. The highest BCUT2D eigenvalue weighted by atomic mass is 19.1. The lowest BCUT2D eigenvalue weighted by Gasteiger charge is -2.14. The van der Waals surface area contributed by atoms with Crippen LogP contribution in [0.25, 0.3) is 33.8 Å². The Morgan fingerprint density at radius 1 is 0.867 bits per heavy atom. The second kappa shape index (κ2) is 7.08. The number of rotatable bonds is 3. The van der Waals surface area contributed by atoms with Gasteiger partial charge in [-0.2, -0.15) is 5.10 Å². The first-order valence-electron chi connectivity index (χ1n) is 9.51. The van der Waals surface area contributed by atoms with Gasteiger partial charge in [0.05, 0.1) is 23.1 Å². The molecule has 5 nitrogen and oxygen atoms in total. The van der Waals surface area contributed by atoms with E-state index in [-0.39, 0.29) is 16.9 Å². The van der Waals surface area contributed by atoms with E-state index in [1.54, 1.807) is 22.9 Å². The minimum Gasteiger partial charge on any atom is -0.268 e. The molecule has 3 aromatic carbocycles. The number of halogens is 1. The van der Waals surface area contributed by atoms with E-state index >= 15 is 0 Å². The molecule has 0 aliphatic rings. The maximum atomic E-state index is 14.8. The zero-order valence-corrected chi connectivity index (χ0v) is 16.2. The molecular formula is C24H17FN4O. The van der Waals surface area contributed by atoms with E-state index in [0.29, 0.717) is 16.7 Å². The molecule has 0 saturated heterocycles. The zero-order chi connectivity index (χ0) is 20.7. The van der Waals surface area contributed by atoms with Crippen LogP contribution < -0.4 is 5.56 Å². The molecule has 0 radical (unpaired) electrons. The summed E-state index contributed by atoms with van der Waals surface area (Å²) in [4.78, 5) is 18.3. The Morgan fingerprint density at radius 3 is 2.37 bits per heavy atom. The third kappa shape index (κ3) is 2.90. The summed E-state index contributed by atoms with van der Waals surface area (Å²) >= 11 is 0. The van der Waals surface area contributed by atoms with Gasteiger partial charge in [-0.05, 0) is 48.9 Å². The first-order valence-corrected chi connectivity index (χ1v) is 9.51. The molecule has 2 aromatic heterocycles. The van der Waals surface area contributed by atoms with E-state index in [0.717, 1.165) is 11.3 Å².